The summed E-state index contributed by atoms with van der Waals surface area (Å²) < 4.78 is 31.5. The highest BCUT2D eigenvalue weighted by atomic mass is 32.2. The van der Waals surface area contributed by atoms with Crippen LogP contribution in [0.15, 0.2) is 0 Å². The number of rotatable bonds is 6. The Kier molecular flexibility index (Phi) is 4.99. The molecule has 0 saturated heterocycles. The summed E-state index contributed by atoms with van der Waals surface area (Å²) in [6.07, 6.45) is 5.75. The predicted octanol–water partition coefficient (Wildman–Crippen LogP) is 0.711. The quantitative estimate of drug-likeness (QED) is 0.724. The third-order valence-electron chi connectivity index (χ3n) is 2.32. The number of amides is 1. The molecule has 1 fully saturated rings. The lowest BCUT2D eigenvalue weighted by molar-refractivity contribution is 0.121. The predicted molar refractivity (Wildman–Crippen MR) is 66.8 cm³/mol. The van der Waals surface area contributed by atoms with Gasteiger partial charge >= 0.3 is 16.3 Å². The molecule has 1 N–H and O–H groups in total. The summed E-state index contributed by atoms with van der Waals surface area (Å²) in [4.78, 5) is 11.3. The monoisotopic (exact) mass is 274 g/mol. The minimum Gasteiger partial charge on any atom is -0.446 e. The van der Waals surface area contributed by atoms with Crippen LogP contribution in [-0.2, 0) is 14.9 Å². The molecule has 1 aliphatic rings. The van der Waals surface area contributed by atoms with Crippen LogP contribution in [0.3, 0.4) is 0 Å². The number of carbonyl (C=O) groups is 1. The van der Waals surface area contributed by atoms with Crippen molar-refractivity contribution in [2.24, 2.45) is 5.92 Å². The van der Waals surface area contributed by atoms with E-state index >= 15 is 0 Å². The van der Waals surface area contributed by atoms with Gasteiger partial charge in [0, 0.05) is 6.54 Å². The van der Waals surface area contributed by atoms with Gasteiger partial charge in [-0.25, -0.2) is 9.52 Å². The molecule has 102 valence electrons. The van der Waals surface area contributed by atoms with E-state index in [1.807, 2.05) is 4.72 Å². The summed E-state index contributed by atoms with van der Waals surface area (Å²) in [6, 6.07) is 0. The van der Waals surface area contributed by atoms with Crippen LogP contribution in [0.1, 0.15) is 26.7 Å². The molecule has 0 aromatic carbocycles. The topological polar surface area (TPSA) is 75.7 Å². The van der Waals surface area contributed by atoms with Crippen molar-refractivity contribution in [3.8, 4) is 12.3 Å². The molecule has 1 rings (SSSR count). The Morgan fingerprint density at radius 2 is 2.17 bits per heavy atom. The normalized spacial score (nSPS) is 15.5. The second kappa shape index (κ2) is 6.07. The van der Waals surface area contributed by atoms with Crippen LogP contribution in [0, 0.1) is 18.3 Å². The SMILES string of the molecule is C#CCN(CC1CC1)S(=O)(=O)NC(=O)OC(C)C. The molecule has 0 heterocycles. The van der Waals surface area contributed by atoms with E-state index < -0.39 is 16.3 Å². The van der Waals surface area contributed by atoms with Gasteiger partial charge in [-0.05, 0) is 32.6 Å². The van der Waals surface area contributed by atoms with Gasteiger partial charge in [-0.3, -0.25) is 0 Å². The van der Waals surface area contributed by atoms with Gasteiger partial charge in [-0.1, -0.05) is 5.92 Å². The summed E-state index contributed by atoms with van der Waals surface area (Å²) in [5, 5.41) is 0. The summed E-state index contributed by atoms with van der Waals surface area (Å²) in [7, 11) is -3.92. The molecule has 0 unspecified atom stereocenters. The molecule has 1 saturated carbocycles. The molecule has 1 aliphatic carbocycles. The first-order valence-corrected chi connectivity index (χ1v) is 7.21. The average Bonchev–Trinajstić information content (AvgIpc) is 2.98. The lowest BCUT2D eigenvalue weighted by Gasteiger charge is -2.20. The van der Waals surface area contributed by atoms with Crippen LogP contribution in [-0.4, -0.2) is 38.0 Å². The maximum absolute atomic E-state index is 11.9. The van der Waals surface area contributed by atoms with E-state index in [4.69, 9.17) is 11.2 Å². The van der Waals surface area contributed by atoms with Crippen LogP contribution in [0.4, 0.5) is 4.79 Å². The van der Waals surface area contributed by atoms with Gasteiger partial charge in [-0.2, -0.15) is 12.7 Å². The Hall–Kier alpha value is -1.26. The Bertz CT molecular complexity index is 434. The lowest BCUT2D eigenvalue weighted by Crippen LogP contribution is -2.45. The molecule has 18 heavy (non-hydrogen) atoms. The molecule has 0 aliphatic heterocycles. The van der Waals surface area contributed by atoms with Crippen LogP contribution >= 0.6 is 0 Å². The van der Waals surface area contributed by atoms with Crippen molar-refractivity contribution in [2.75, 3.05) is 13.1 Å². The molecule has 0 radical (unpaired) electrons. The van der Waals surface area contributed by atoms with Crippen LogP contribution < -0.4 is 4.72 Å². The largest absolute Gasteiger partial charge is 0.446 e. The van der Waals surface area contributed by atoms with E-state index in [1.54, 1.807) is 13.8 Å². The first-order valence-electron chi connectivity index (χ1n) is 5.77. The minimum atomic E-state index is -3.92. The second-order valence-corrected chi connectivity index (χ2v) is 6.17. The third kappa shape index (κ3) is 4.94. The molecule has 0 aromatic heterocycles. The highest BCUT2D eigenvalue weighted by Crippen LogP contribution is 2.30. The van der Waals surface area contributed by atoms with Gasteiger partial charge in [0.2, 0.25) is 0 Å². The van der Waals surface area contributed by atoms with E-state index in [0.717, 1.165) is 17.1 Å². The van der Waals surface area contributed by atoms with Gasteiger partial charge in [0.1, 0.15) is 0 Å². The molecule has 6 nitrogen and oxygen atoms in total. The minimum absolute atomic E-state index is 0.0548. The first-order chi connectivity index (χ1) is 8.35. The van der Waals surface area contributed by atoms with Gasteiger partial charge < -0.3 is 4.74 Å². The van der Waals surface area contributed by atoms with E-state index in [-0.39, 0.29) is 12.6 Å². The number of hydrogen-bond donors (Lipinski definition) is 1. The summed E-state index contributed by atoms with van der Waals surface area (Å²) in [6.45, 7) is 3.56. The molecule has 7 heteroatoms. The van der Waals surface area contributed by atoms with E-state index in [2.05, 4.69) is 5.92 Å². The third-order valence-corrected chi connectivity index (χ3v) is 3.70. The van der Waals surface area contributed by atoms with Crippen molar-refractivity contribution in [1.29, 1.82) is 0 Å². The van der Waals surface area contributed by atoms with E-state index in [1.165, 1.54) is 0 Å². The highest BCUT2D eigenvalue weighted by molar-refractivity contribution is 7.87. The highest BCUT2D eigenvalue weighted by Gasteiger charge is 2.31. The van der Waals surface area contributed by atoms with Crippen LogP contribution in [0.2, 0.25) is 0 Å². The smallest absolute Gasteiger partial charge is 0.422 e. The molecule has 0 spiro atoms. The first kappa shape index (κ1) is 14.8. The fourth-order valence-corrected chi connectivity index (χ4v) is 2.39. The number of terminal acetylenes is 1. The molecule has 1 amide bonds. The Morgan fingerprint density at radius 3 is 2.61 bits per heavy atom. The van der Waals surface area contributed by atoms with E-state index in [0.29, 0.717) is 12.5 Å². The van der Waals surface area contributed by atoms with Gasteiger partial charge in [0.15, 0.2) is 0 Å². The Morgan fingerprint density at radius 1 is 1.56 bits per heavy atom. The Balaban J connectivity index is 2.62. The van der Waals surface area contributed by atoms with Crippen molar-refractivity contribution in [1.82, 2.24) is 9.03 Å². The van der Waals surface area contributed by atoms with Crippen molar-refractivity contribution in [3.63, 3.8) is 0 Å². The van der Waals surface area contributed by atoms with Gasteiger partial charge in [0.25, 0.3) is 0 Å². The fraction of sp³-hybridized carbons (Fsp3) is 0.727. The number of nitrogens with one attached hydrogen (secondary N) is 1. The standard InChI is InChI=1S/C11H18N2O4S/c1-4-7-13(8-10-5-6-10)18(15,16)12-11(14)17-9(2)3/h1,9-10H,5-8H2,2-3H3,(H,12,14). The number of nitrogens with zero attached hydrogens (tertiary/aromatic N) is 1. The second-order valence-electron chi connectivity index (χ2n) is 4.50. The maximum atomic E-state index is 11.9. The van der Waals surface area contributed by atoms with Gasteiger partial charge in [-0.15, -0.1) is 6.42 Å². The van der Waals surface area contributed by atoms with Crippen molar-refractivity contribution < 1.29 is 17.9 Å². The van der Waals surface area contributed by atoms with E-state index in [9.17, 15) is 13.2 Å². The Labute approximate surface area is 108 Å². The zero-order valence-electron chi connectivity index (χ0n) is 10.5. The zero-order valence-corrected chi connectivity index (χ0v) is 11.4. The number of carbonyl (C=O) groups excluding carboxylic acids is 1. The van der Waals surface area contributed by atoms with Crippen LogP contribution in [0.5, 0.6) is 0 Å². The average molecular weight is 274 g/mol. The van der Waals surface area contributed by atoms with Crippen LogP contribution in [0.25, 0.3) is 0 Å². The zero-order chi connectivity index (χ0) is 13.8. The molecular weight excluding hydrogens is 256 g/mol. The number of ether oxygens (including phenoxy) is 1. The summed E-state index contributed by atoms with van der Waals surface area (Å²) in [5.41, 5.74) is 0. The van der Waals surface area contributed by atoms with Crippen molar-refractivity contribution in [2.45, 2.75) is 32.8 Å². The van der Waals surface area contributed by atoms with Crippen molar-refractivity contribution in [3.05, 3.63) is 0 Å². The summed E-state index contributed by atoms with van der Waals surface area (Å²) in [5.74, 6) is 2.62. The molecule has 0 aromatic rings. The maximum Gasteiger partial charge on any atom is 0.422 e. The lowest BCUT2D eigenvalue weighted by atomic mass is 10.4. The van der Waals surface area contributed by atoms with Gasteiger partial charge in [0.05, 0.1) is 12.6 Å². The molecule has 0 atom stereocenters. The molecule has 0 bridgehead atoms. The van der Waals surface area contributed by atoms with Crippen molar-refractivity contribution >= 4 is 16.3 Å². The number of hydrogen-bond acceptors (Lipinski definition) is 4. The summed E-state index contributed by atoms with van der Waals surface area (Å²) >= 11 is 0. The fourth-order valence-electron chi connectivity index (χ4n) is 1.35. The molecular formula is C11H18N2O4S.